The van der Waals surface area contributed by atoms with E-state index in [9.17, 15) is 0 Å². The van der Waals surface area contributed by atoms with Gasteiger partial charge in [-0.1, -0.05) is 60.7 Å². The third-order valence-corrected chi connectivity index (χ3v) is 3.93. The van der Waals surface area contributed by atoms with Gasteiger partial charge in [0, 0.05) is 26.1 Å². The summed E-state index contributed by atoms with van der Waals surface area (Å²) in [5.74, 6) is 1.34. The summed E-state index contributed by atoms with van der Waals surface area (Å²) >= 11 is 0. The summed E-state index contributed by atoms with van der Waals surface area (Å²) in [5, 5.41) is 3.50. The summed E-state index contributed by atoms with van der Waals surface area (Å²) in [6.07, 6.45) is 0. The fourth-order valence-electron chi connectivity index (χ4n) is 2.72. The Morgan fingerprint density at radius 2 is 1.55 bits per heavy atom. The molecule has 1 N–H and O–H groups in total. The van der Waals surface area contributed by atoms with E-state index in [4.69, 9.17) is 0 Å². The van der Waals surface area contributed by atoms with Crippen molar-refractivity contribution in [3.05, 3.63) is 71.8 Å². The van der Waals surface area contributed by atoms with E-state index in [-0.39, 0.29) is 12.4 Å². The van der Waals surface area contributed by atoms with Gasteiger partial charge < -0.3 is 10.2 Å². The second-order valence-electron chi connectivity index (χ2n) is 5.38. The molecule has 3 nitrogen and oxygen atoms in total. The molecular formula is C18H22ClN3. The topological polar surface area (TPSA) is 27.6 Å². The molecule has 0 unspecified atom stereocenters. The summed E-state index contributed by atoms with van der Waals surface area (Å²) in [7, 11) is 2.08. The number of halogens is 1. The fourth-order valence-corrected chi connectivity index (χ4v) is 2.72. The van der Waals surface area contributed by atoms with Gasteiger partial charge in [-0.05, 0) is 11.1 Å². The lowest BCUT2D eigenvalue weighted by molar-refractivity contribution is 0.531. The van der Waals surface area contributed by atoms with Crippen LogP contribution in [-0.4, -0.2) is 37.5 Å². The van der Waals surface area contributed by atoms with Gasteiger partial charge in [-0.2, -0.15) is 0 Å². The van der Waals surface area contributed by atoms with Gasteiger partial charge in [-0.3, -0.25) is 4.99 Å². The molecule has 1 heterocycles. The van der Waals surface area contributed by atoms with Crippen LogP contribution in [0.15, 0.2) is 65.7 Å². The van der Waals surface area contributed by atoms with E-state index in [2.05, 4.69) is 82.9 Å². The minimum Gasteiger partial charge on any atom is -0.355 e. The first kappa shape index (κ1) is 16.4. The monoisotopic (exact) mass is 315 g/mol. The van der Waals surface area contributed by atoms with Crippen molar-refractivity contribution < 1.29 is 0 Å². The molecule has 0 spiro atoms. The lowest BCUT2D eigenvalue weighted by atomic mass is 9.91. The molecule has 1 aliphatic heterocycles. The maximum absolute atomic E-state index is 4.51. The van der Waals surface area contributed by atoms with Crippen LogP contribution in [0.3, 0.4) is 0 Å². The highest BCUT2D eigenvalue weighted by Gasteiger charge is 2.17. The van der Waals surface area contributed by atoms with Gasteiger partial charge in [0.15, 0.2) is 5.96 Å². The lowest BCUT2D eigenvalue weighted by Gasteiger charge is -2.22. The third-order valence-electron chi connectivity index (χ3n) is 3.93. The molecule has 3 rings (SSSR count). The third kappa shape index (κ3) is 3.80. The summed E-state index contributed by atoms with van der Waals surface area (Å²) in [6.45, 7) is 2.75. The summed E-state index contributed by atoms with van der Waals surface area (Å²) in [5.41, 5.74) is 2.66. The Bertz CT molecular complexity index is 559. The number of hydrogen-bond acceptors (Lipinski definition) is 3. The molecule has 0 saturated heterocycles. The van der Waals surface area contributed by atoms with Crippen LogP contribution in [0.4, 0.5) is 0 Å². The van der Waals surface area contributed by atoms with Crippen LogP contribution in [0, 0.1) is 0 Å². The molecule has 2 aromatic rings. The molecule has 0 saturated carbocycles. The van der Waals surface area contributed by atoms with Crippen molar-refractivity contribution in [1.29, 1.82) is 0 Å². The number of hydrogen-bond donors (Lipinski definition) is 1. The van der Waals surface area contributed by atoms with Crippen molar-refractivity contribution in [2.24, 2.45) is 4.99 Å². The van der Waals surface area contributed by atoms with Gasteiger partial charge in [0.1, 0.15) is 0 Å². The van der Waals surface area contributed by atoms with Gasteiger partial charge in [0.05, 0.1) is 6.54 Å². The zero-order valence-electron chi connectivity index (χ0n) is 12.8. The molecule has 116 valence electrons. The minimum atomic E-state index is 0. The highest BCUT2D eigenvalue weighted by atomic mass is 35.5. The van der Waals surface area contributed by atoms with Crippen molar-refractivity contribution in [2.45, 2.75) is 5.92 Å². The van der Waals surface area contributed by atoms with Gasteiger partial charge in [0.2, 0.25) is 0 Å². The van der Waals surface area contributed by atoms with E-state index in [0.717, 1.165) is 25.6 Å². The molecule has 0 radical (unpaired) electrons. The highest BCUT2D eigenvalue weighted by molar-refractivity contribution is 5.85. The second-order valence-corrected chi connectivity index (χ2v) is 5.38. The molecule has 0 bridgehead atoms. The predicted octanol–water partition coefficient (Wildman–Crippen LogP) is 3.13. The Hall–Kier alpha value is -2.00. The Labute approximate surface area is 138 Å². The number of rotatable bonds is 4. The van der Waals surface area contributed by atoms with E-state index in [1.165, 1.54) is 11.1 Å². The number of benzene rings is 2. The van der Waals surface area contributed by atoms with E-state index in [0.29, 0.717) is 5.92 Å². The molecule has 0 fully saturated rings. The zero-order chi connectivity index (χ0) is 14.5. The number of aliphatic imine (C=N–C) groups is 1. The van der Waals surface area contributed by atoms with E-state index < -0.39 is 0 Å². The van der Waals surface area contributed by atoms with Crippen LogP contribution in [-0.2, 0) is 0 Å². The Kier molecular flexibility index (Phi) is 5.84. The van der Waals surface area contributed by atoms with E-state index in [1.807, 2.05) is 0 Å². The number of nitrogens with zero attached hydrogens (tertiary/aromatic N) is 2. The SMILES string of the molecule is CN1CCN=C1NCC(c1ccccc1)c1ccccc1.Cl. The van der Waals surface area contributed by atoms with Crippen molar-refractivity contribution >= 4 is 18.4 Å². The standard InChI is InChI=1S/C18H21N3.ClH/c1-21-13-12-19-18(21)20-14-17(15-8-4-2-5-9-15)16-10-6-3-7-11-16;/h2-11,17H,12-14H2,1H3,(H,19,20);1H. The Morgan fingerprint density at radius 3 is 2.00 bits per heavy atom. The zero-order valence-corrected chi connectivity index (χ0v) is 13.6. The van der Waals surface area contributed by atoms with Crippen molar-refractivity contribution in [3.8, 4) is 0 Å². The van der Waals surface area contributed by atoms with Crippen LogP contribution in [0.5, 0.6) is 0 Å². The van der Waals surface area contributed by atoms with E-state index in [1.54, 1.807) is 0 Å². The first-order chi connectivity index (χ1) is 10.3. The van der Waals surface area contributed by atoms with Crippen molar-refractivity contribution in [1.82, 2.24) is 10.2 Å². The first-order valence-electron chi connectivity index (χ1n) is 7.44. The summed E-state index contributed by atoms with van der Waals surface area (Å²) in [4.78, 5) is 6.68. The Morgan fingerprint density at radius 1 is 1.00 bits per heavy atom. The van der Waals surface area contributed by atoms with Crippen molar-refractivity contribution in [2.75, 3.05) is 26.7 Å². The maximum Gasteiger partial charge on any atom is 0.193 e. The molecule has 4 heteroatoms. The van der Waals surface area contributed by atoms with Crippen molar-refractivity contribution in [3.63, 3.8) is 0 Å². The van der Waals surface area contributed by atoms with Gasteiger partial charge in [-0.25, -0.2) is 0 Å². The summed E-state index contributed by atoms with van der Waals surface area (Å²) in [6, 6.07) is 21.3. The lowest BCUT2D eigenvalue weighted by Crippen LogP contribution is -2.38. The molecule has 0 amide bonds. The smallest absolute Gasteiger partial charge is 0.193 e. The van der Waals surface area contributed by atoms with Crippen LogP contribution >= 0.6 is 12.4 Å². The maximum atomic E-state index is 4.51. The molecule has 0 aliphatic carbocycles. The number of guanidine groups is 1. The van der Waals surface area contributed by atoms with Gasteiger partial charge >= 0.3 is 0 Å². The molecule has 0 aromatic heterocycles. The van der Waals surface area contributed by atoms with Crippen LogP contribution in [0.25, 0.3) is 0 Å². The average molecular weight is 316 g/mol. The fraction of sp³-hybridized carbons (Fsp3) is 0.278. The normalized spacial score (nSPS) is 13.7. The van der Waals surface area contributed by atoms with Gasteiger partial charge in [0.25, 0.3) is 0 Å². The second kappa shape index (κ2) is 7.85. The average Bonchev–Trinajstić information content (AvgIpc) is 2.95. The highest BCUT2D eigenvalue weighted by Crippen LogP contribution is 2.23. The summed E-state index contributed by atoms with van der Waals surface area (Å²) < 4.78 is 0. The van der Waals surface area contributed by atoms with Gasteiger partial charge in [-0.15, -0.1) is 12.4 Å². The van der Waals surface area contributed by atoms with Crippen LogP contribution < -0.4 is 5.32 Å². The number of nitrogens with one attached hydrogen (secondary N) is 1. The quantitative estimate of drug-likeness (QED) is 0.938. The molecule has 2 aromatic carbocycles. The number of likely N-dealkylation sites (N-methyl/N-ethyl adjacent to an activating group) is 1. The Balaban J connectivity index is 0.00000176. The molecule has 1 aliphatic rings. The molecule has 0 atom stereocenters. The van der Waals surface area contributed by atoms with Crippen LogP contribution in [0.2, 0.25) is 0 Å². The minimum absolute atomic E-state index is 0. The molecule has 22 heavy (non-hydrogen) atoms. The molecular weight excluding hydrogens is 294 g/mol. The largest absolute Gasteiger partial charge is 0.355 e. The van der Waals surface area contributed by atoms with Crippen LogP contribution in [0.1, 0.15) is 17.0 Å². The predicted molar refractivity (Wildman–Crippen MR) is 94.9 cm³/mol. The first-order valence-corrected chi connectivity index (χ1v) is 7.44. The van der Waals surface area contributed by atoms with E-state index >= 15 is 0 Å².